The Kier molecular flexibility index (Phi) is 5.43. The maximum absolute atomic E-state index is 12.5. The lowest BCUT2D eigenvalue weighted by Crippen LogP contribution is -2.35. The van der Waals surface area contributed by atoms with Gasteiger partial charge in [-0.05, 0) is 36.2 Å². The summed E-state index contributed by atoms with van der Waals surface area (Å²) in [6.45, 7) is 4.30. The Morgan fingerprint density at radius 3 is 2.62 bits per heavy atom. The molecule has 0 saturated carbocycles. The molecule has 1 saturated heterocycles. The van der Waals surface area contributed by atoms with Gasteiger partial charge in [0.15, 0.2) is 0 Å². The van der Waals surface area contributed by atoms with Gasteiger partial charge in [0.2, 0.25) is 0 Å². The lowest BCUT2D eigenvalue weighted by atomic mass is 10.2. The second-order valence-corrected chi connectivity index (χ2v) is 5.98. The van der Waals surface area contributed by atoms with Crippen LogP contribution in [-0.2, 0) is 6.54 Å². The van der Waals surface area contributed by atoms with Crippen molar-refractivity contribution in [2.24, 2.45) is 0 Å². The van der Waals surface area contributed by atoms with E-state index in [0.717, 1.165) is 44.9 Å². The normalized spacial score (nSPS) is 15.8. The molecule has 0 aliphatic carbocycles. The Labute approximate surface area is 142 Å². The van der Waals surface area contributed by atoms with Crippen LogP contribution in [-0.4, -0.2) is 54.0 Å². The maximum Gasteiger partial charge on any atom is 0.272 e. The molecule has 0 radical (unpaired) electrons. The molecule has 0 spiro atoms. The Morgan fingerprint density at radius 1 is 1.08 bits per heavy atom. The summed E-state index contributed by atoms with van der Waals surface area (Å²) in [4.78, 5) is 21.0. The van der Waals surface area contributed by atoms with Gasteiger partial charge in [0.1, 0.15) is 11.4 Å². The minimum absolute atomic E-state index is 0.0295. The molecule has 1 aliphatic rings. The van der Waals surface area contributed by atoms with Crippen LogP contribution in [0.25, 0.3) is 0 Å². The zero-order valence-corrected chi connectivity index (χ0v) is 14.0. The molecule has 0 bridgehead atoms. The highest BCUT2D eigenvalue weighted by atomic mass is 16.5. The lowest BCUT2D eigenvalue weighted by molar-refractivity contribution is 0.0755. The first-order valence-corrected chi connectivity index (χ1v) is 8.32. The molecule has 1 aromatic heterocycles. The van der Waals surface area contributed by atoms with Crippen molar-refractivity contribution >= 4 is 5.91 Å². The van der Waals surface area contributed by atoms with E-state index in [1.54, 1.807) is 19.4 Å². The lowest BCUT2D eigenvalue weighted by Gasteiger charge is -2.22. The number of hydrogen-bond acceptors (Lipinski definition) is 4. The third kappa shape index (κ3) is 4.11. The van der Waals surface area contributed by atoms with Gasteiger partial charge in [-0.1, -0.05) is 18.2 Å². The first kappa shape index (κ1) is 16.5. The molecule has 24 heavy (non-hydrogen) atoms. The average molecular weight is 325 g/mol. The van der Waals surface area contributed by atoms with E-state index in [1.807, 2.05) is 29.2 Å². The number of aromatic nitrogens is 1. The van der Waals surface area contributed by atoms with Gasteiger partial charge in [-0.25, -0.2) is 0 Å². The van der Waals surface area contributed by atoms with Crippen molar-refractivity contribution in [2.45, 2.75) is 13.0 Å². The topological polar surface area (TPSA) is 45.7 Å². The molecule has 0 N–H and O–H groups in total. The van der Waals surface area contributed by atoms with Crippen molar-refractivity contribution in [3.63, 3.8) is 0 Å². The Bertz CT molecular complexity index is 658. The van der Waals surface area contributed by atoms with Gasteiger partial charge in [-0.2, -0.15) is 0 Å². The van der Waals surface area contributed by atoms with E-state index >= 15 is 0 Å². The number of nitrogens with zero attached hydrogens (tertiary/aromatic N) is 3. The summed E-state index contributed by atoms with van der Waals surface area (Å²) in [6.07, 6.45) is 2.65. The molecule has 2 heterocycles. The summed E-state index contributed by atoms with van der Waals surface area (Å²) in [5, 5.41) is 0. The highest BCUT2D eigenvalue weighted by Crippen LogP contribution is 2.15. The average Bonchev–Trinajstić information content (AvgIpc) is 2.88. The number of benzene rings is 1. The van der Waals surface area contributed by atoms with Crippen LogP contribution in [0.15, 0.2) is 48.7 Å². The minimum Gasteiger partial charge on any atom is -0.497 e. The summed E-state index contributed by atoms with van der Waals surface area (Å²) in [7, 11) is 1.68. The summed E-state index contributed by atoms with van der Waals surface area (Å²) >= 11 is 0. The summed E-state index contributed by atoms with van der Waals surface area (Å²) in [6, 6.07) is 13.6. The van der Waals surface area contributed by atoms with Gasteiger partial charge in [0.25, 0.3) is 5.91 Å². The van der Waals surface area contributed by atoms with E-state index in [4.69, 9.17) is 4.74 Å². The molecular weight excluding hydrogens is 302 g/mol. The standard InChI is InChI=1S/C19H23N3O2/c1-24-17-8-6-16(7-9-17)15-21-11-4-12-22(14-13-21)19(23)18-5-2-3-10-20-18/h2-3,5-10H,4,11-15H2,1H3. The van der Waals surface area contributed by atoms with Gasteiger partial charge in [-0.3, -0.25) is 14.7 Å². The number of pyridine rings is 1. The third-order valence-electron chi connectivity index (χ3n) is 4.32. The first-order chi connectivity index (χ1) is 11.8. The molecule has 5 nitrogen and oxygen atoms in total. The second kappa shape index (κ2) is 7.93. The molecule has 126 valence electrons. The molecule has 1 fully saturated rings. The van der Waals surface area contributed by atoms with Gasteiger partial charge >= 0.3 is 0 Å². The van der Waals surface area contributed by atoms with E-state index in [-0.39, 0.29) is 5.91 Å². The summed E-state index contributed by atoms with van der Waals surface area (Å²) in [5.74, 6) is 0.906. The van der Waals surface area contributed by atoms with Crippen molar-refractivity contribution in [3.05, 3.63) is 59.9 Å². The van der Waals surface area contributed by atoms with Crippen LogP contribution in [0.3, 0.4) is 0 Å². The summed E-state index contributed by atoms with van der Waals surface area (Å²) < 4.78 is 5.20. The number of carbonyl (C=O) groups is 1. The molecule has 0 unspecified atom stereocenters. The van der Waals surface area contributed by atoms with Crippen LogP contribution < -0.4 is 4.74 Å². The number of carbonyl (C=O) groups excluding carboxylic acids is 1. The highest BCUT2D eigenvalue weighted by molar-refractivity contribution is 5.92. The zero-order chi connectivity index (χ0) is 16.8. The van der Waals surface area contributed by atoms with Crippen LogP contribution in [0.5, 0.6) is 5.75 Å². The Balaban J connectivity index is 1.57. The fourth-order valence-corrected chi connectivity index (χ4v) is 2.97. The molecule has 1 amide bonds. The molecule has 2 aromatic rings. The predicted molar refractivity (Wildman–Crippen MR) is 93.0 cm³/mol. The largest absolute Gasteiger partial charge is 0.497 e. The van der Waals surface area contributed by atoms with Crippen molar-refractivity contribution in [2.75, 3.05) is 33.3 Å². The van der Waals surface area contributed by atoms with Crippen LogP contribution in [0, 0.1) is 0 Å². The second-order valence-electron chi connectivity index (χ2n) is 5.98. The number of rotatable bonds is 4. The van der Waals surface area contributed by atoms with Crippen LogP contribution in [0.2, 0.25) is 0 Å². The van der Waals surface area contributed by atoms with E-state index in [0.29, 0.717) is 5.69 Å². The van der Waals surface area contributed by atoms with Crippen molar-refractivity contribution < 1.29 is 9.53 Å². The Morgan fingerprint density at radius 2 is 1.92 bits per heavy atom. The van der Waals surface area contributed by atoms with Gasteiger partial charge in [0, 0.05) is 38.9 Å². The highest BCUT2D eigenvalue weighted by Gasteiger charge is 2.20. The van der Waals surface area contributed by atoms with E-state index in [1.165, 1.54) is 5.56 Å². The Hall–Kier alpha value is -2.40. The zero-order valence-electron chi connectivity index (χ0n) is 14.0. The van der Waals surface area contributed by atoms with Crippen LogP contribution >= 0.6 is 0 Å². The molecular formula is C19H23N3O2. The smallest absolute Gasteiger partial charge is 0.272 e. The van der Waals surface area contributed by atoms with Gasteiger partial charge < -0.3 is 9.64 Å². The molecule has 3 rings (SSSR count). The minimum atomic E-state index is 0.0295. The fraction of sp³-hybridized carbons (Fsp3) is 0.368. The van der Waals surface area contributed by atoms with E-state index in [9.17, 15) is 4.79 Å². The predicted octanol–water partition coefficient (Wildman–Crippen LogP) is 2.44. The fourth-order valence-electron chi connectivity index (χ4n) is 2.97. The SMILES string of the molecule is COc1ccc(CN2CCCN(C(=O)c3ccccn3)CC2)cc1. The van der Waals surface area contributed by atoms with E-state index < -0.39 is 0 Å². The van der Waals surface area contributed by atoms with Crippen LogP contribution in [0.1, 0.15) is 22.5 Å². The van der Waals surface area contributed by atoms with Gasteiger partial charge in [0.05, 0.1) is 7.11 Å². The van der Waals surface area contributed by atoms with Crippen molar-refractivity contribution in [1.29, 1.82) is 0 Å². The van der Waals surface area contributed by atoms with E-state index in [2.05, 4.69) is 22.0 Å². The molecule has 5 heteroatoms. The number of hydrogen-bond donors (Lipinski definition) is 0. The number of methoxy groups -OCH3 is 1. The first-order valence-electron chi connectivity index (χ1n) is 8.32. The monoisotopic (exact) mass is 325 g/mol. The molecule has 1 aliphatic heterocycles. The van der Waals surface area contributed by atoms with Gasteiger partial charge in [-0.15, -0.1) is 0 Å². The quantitative estimate of drug-likeness (QED) is 0.866. The van der Waals surface area contributed by atoms with Crippen molar-refractivity contribution in [1.82, 2.24) is 14.8 Å². The third-order valence-corrected chi connectivity index (χ3v) is 4.32. The molecule has 0 atom stereocenters. The number of amides is 1. The number of ether oxygens (including phenoxy) is 1. The summed E-state index contributed by atoms with van der Waals surface area (Å²) in [5.41, 5.74) is 1.79. The molecule has 1 aromatic carbocycles. The van der Waals surface area contributed by atoms with Crippen molar-refractivity contribution in [3.8, 4) is 5.75 Å². The van der Waals surface area contributed by atoms with Crippen LogP contribution in [0.4, 0.5) is 0 Å². The maximum atomic E-state index is 12.5.